The SMILES string of the molecule is COc1ccc(-c2c(-c3ccc(OCc4ccc(Cl)cc4)cc3O)n[nH]c2C(F)(F)F)cc1. The van der Waals surface area contributed by atoms with E-state index in [4.69, 9.17) is 21.1 Å². The Balaban J connectivity index is 1.68. The van der Waals surface area contributed by atoms with E-state index in [1.165, 1.54) is 31.4 Å². The number of hydrogen-bond acceptors (Lipinski definition) is 4. The fourth-order valence-electron chi connectivity index (χ4n) is 3.33. The molecule has 33 heavy (non-hydrogen) atoms. The second-order valence-corrected chi connectivity index (χ2v) is 7.58. The Kier molecular flexibility index (Phi) is 6.20. The van der Waals surface area contributed by atoms with E-state index in [1.807, 2.05) is 0 Å². The molecule has 1 aromatic heterocycles. The van der Waals surface area contributed by atoms with Gasteiger partial charge in [0.25, 0.3) is 0 Å². The fourth-order valence-corrected chi connectivity index (χ4v) is 3.46. The number of alkyl halides is 3. The minimum atomic E-state index is -4.67. The number of phenols is 1. The van der Waals surface area contributed by atoms with Crippen LogP contribution in [-0.4, -0.2) is 22.4 Å². The van der Waals surface area contributed by atoms with Crippen LogP contribution in [0.5, 0.6) is 17.2 Å². The summed E-state index contributed by atoms with van der Waals surface area (Å²) in [5.74, 6) is 0.588. The van der Waals surface area contributed by atoms with Gasteiger partial charge in [0.05, 0.1) is 7.11 Å². The molecule has 5 nitrogen and oxygen atoms in total. The Labute approximate surface area is 192 Å². The Morgan fingerprint density at radius 3 is 2.24 bits per heavy atom. The molecule has 0 atom stereocenters. The van der Waals surface area contributed by atoms with Crippen molar-refractivity contribution in [2.24, 2.45) is 0 Å². The number of nitrogens with zero attached hydrogens (tertiary/aromatic N) is 1. The molecule has 0 unspecified atom stereocenters. The van der Waals surface area contributed by atoms with Gasteiger partial charge in [-0.1, -0.05) is 35.9 Å². The average molecular weight is 475 g/mol. The molecule has 0 bridgehead atoms. The van der Waals surface area contributed by atoms with Gasteiger partial charge >= 0.3 is 6.18 Å². The van der Waals surface area contributed by atoms with E-state index >= 15 is 0 Å². The van der Waals surface area contributed by atoms with Gasteiger partial charge in [0.1, 0.15) is 35.2 Å². The highest BCUT2D eigenvalue weighted by Gasteiger charge is 2.38. The number of methoxy groups -OCH3 is 1. The first-order valence-electron chi connectivity index (χ1n) is 9.77. The van der Waals surface area contributed by atoms with Gasteiger partial charge in [0, 0.05) is 22.2 Å². The molecule has 0 aliphatic rings. The number of hydrogen-bond donors (Lipinski definition) is 2. The van der Waals surface area contributed by atoms with Gasteiger partial charge in [-0.2, -0.15) is 18.3 Å². The van der Waals surface area contributed by atoms with Crippen LogP contribution in [0.1, 0.15) is 11.3 Å². The normalized spacial score (nSPS) is 11.4. The van der Waals surface area contributed by atoms with Crippen molar-refractivity contribution in [2.45, 2.75) is 12.8 Å². The lowest BCUT2D eigenvalue weighted by Gasteiger charge is -2.12. The number of H-pyrrole nitrogens is 1. The number of rotatable bonds is 6. The zero-order valence-electron chi connectivity index (χ0n) is 17.3. The molecule has 4 aromatic rings. The summed E-state index contributed by atoms with van der Waals surface area (Å²) < 4.78 is 51.8. The van der Waals surface area contributed by atoms with E-state index in [1.54, 1.807) is 42.5 Å². The van der Waals surface area contributed by atoms with Crippen molar-refractivity contribution in [2.75, 3.05) is 7.11 Å². The second kappa shape index (κ2) is 9.07. The third-order valence-electron chi connectivity index (χ3n) is 4.97. The highest BCUT2D eigenvalue weighted by Crippen LogP contribution is 2.44. The third kappa shape index (κ3) is 4.90. The predicted molar refractivity (Wildman–Crippen MR) is 118 cm³/mol. The van der Waals surface area contributed by atoms with Crippen molar-refractivity contribution in [3.63, 3.8) is 0 Å². The molecule has 1 heterocycles. The highest BCUT2D eigenvalue weighted by atomic mass is 35.5. The minimum Gasteiger partial charge on any atom is -0.507 e. The van der Waals surface area contributed by atoms with Crippen molar-refractivity contribution in [3.05, 3.63) is 83.0 Å². The van der Waals surface area contributed by atoms with Gasteiger partial charge in [-0.15, -0.1) is 0 Å². The monoisotopic (exact) mass is 474 g/mol. The first kappa shape index (κ1) is 22.5. The molecule has 0 radical (unpaired) electrons. The molecular weight excluding hydrogens is 457 g/mol. The maximum Gasteiger partial charge on any atom is 0.433 e. The summed E-state index contributed by atoms with van der Waals surface area (Å²) in [5.41, 5.74) is 0.0577. The molecule has 4 rings (SSSR count). The van der Waals surface area contributed by atoms with Crippen molar-refractivity contribution in [1.82, 2.24) is 10.2 Å². The molecule has 0 fully saturated rings. The van der Waals surface area contributed by atoms with E-state index in [-0.39, 0.29) is 34.7 Å². The highest BCUT2D eigenvalue weighted by molar-refractivity contribution is 6.30. The number of aromatic amines is 1. The molecule has 0 aliphatic heterocycles. The maximum atomic E-state index is 13.7. The van der Waals surface area contributed by atoms with Gasteiger partial charge in [-0.05, 0) is 47.5 Å². The van der Waals surface area contributed by atoms with E-state index in [0.717, 1.165) is 5.56 Å². The van der Waals surface area contributed by atoms with E-state index < -0.39 is 11.9 Å². The van der Waals surface area contributed by atoms with E-state index in [9.17, 15) is 18.3 Å². The van der Waals surface area contributed by atoms with E-state index in [0.29, 0.717) is 16.5 Å². The number of benzene rings is 3. The van der Waals surface area contributed by atoms with Crippen LogP contribution in [-0.2, 0) is 12.8 Å². The topological polar surface area (TPSA) is 67.4 Å². The van der Waals surface area contributed by atoms with Crippen LogP contribution in [0.3, 0.4) is 0 Å². The van der Waals surface area contributed by atoms with Crippen LogP contribution in [0, 0.1) is 0 Å². The molecule has 0 saturated carbocycles. The number of nitrogens with one attached hydrogen (secondary N) is 1. The fraction of sp³-hybridized carbons (Fsp3) is 0.125. The summed E-state index contributed by atoms with van der Waals surface area (Å²) in [5, 5.41) is 17.1. The lowest BCUT2D eigenvalue weighted by Crippen LogP contribution is -2.07. The zero-order chi connectivity index (χ0) is 23.6. The molecule has 2 N–H and O–H groups in total. The van der Waals surface area contributed by atoms with E-state index in [2.05, 4.69) is 10.2 Å². The van der Waals surface area contributed by atoms with Gasteiger partial charge in [0.2, 0.25) is 0 Å². The van der Waals surface area contributed by atoms with Crippen molar-refractivity contribution < 1.29 is 27.8 Å². The molecule has 0 spiro atoms. The summed E-state index contributed by atoms with van der Waals surface area (Å²) >= 11 is 5.87. The summed E-state index contributed by atoms with van der Waals surface area (Å²) in [6.07, 6.45) is -4.67. The summed E-state index contributed by atoms with van der Waals surface area (Å²) in [6.45, 7) is 0.230. The molecule has 3 aromatic carbocycles. The summed E-state index contributed by atoms with van der Waals surface area (Å²) in [6, 6.07) is 17.6. The predicted octanol–water partition coefficient (Wildman–Crippen LogP) is 6.71. The number of aromatic nitrogens is 2. The molecule has 0 saturated heterocycles. The van der Waals surface area contributed by atoms with Crippen molar-refractivity contribution in [1.29, 1.82) is 0 Å². The van der Waals surface area contributed by atoms with Crippen LogP contribution in [0.15, 0.2) is 66.7 Å². The van der Waals surface area contributed by atoms with Crippen LogP contribution >= 0.6 is 11.6 Å². The minimum absolute atomic E-state index is 0.0331. The zero-order valence-corrected chi connectivity index (χ0v) is 18.0. The molecule has 0 aliphatic carbocycles. The second-order valence-electron chi connectivity index (χ2n) is 7.14. The largest absolute Gasteiger partial charge is 0.507 e. The summed E-state index contributed by atoms with van der Waals surface area (Å²) in [4.78, 5) is 0. The Morgan fingerprint density at radius 1 is 0.970 bits per heavy atom. The number of aromatic hydroxyl groups is 1. The standard InChI is InChI=1S/C24H18ClF3N2O3/c1-32-17-8-4-15(5-9-17)21-22(29-30-23(21)24(26,27)28)19-11-10-18(12-20(19)31)33-13-14-2-6-16(25)7-3-14/h2-12,31H,13H2,1H3,(H,29,30). The smallest absolute Gasteiger partial charge is 0.433 e. The van der Waals surface area contributed by atoms with Gasteiger partial charge < -0.3 is 14.6 Å². The quantitative estimate of drug-likeness (QED) is 0.326. The maximum absolute atomic E-state index is 13.7. The van der Waals surface area contributed by atoms with Gasteiger partial charge in [-0.25, -0.2) is 0 Å². The Morgan fingerprint density at radius 2 is 1.64 bits per heavy atom. The first-order chi connectivity index (χ1) is 15.8. The number of phenolic OH excluding ortho intramolecular Hbond substituents is 1. The summed E-state index contributed by atoms with van der Waals surface area (Å²) in [7, 11) is 1.47. The lowest BCUT2D eigenvalue weighted by atomic mass is 9.98. The molecule has 0 amide bonds. The average Bonchev–Trinajstić information content (AvgIpc) is 3.24. The molecule has 9 heteroatoms. The van der Waals surface area contributed by atoms with Crippen LogP contribution < -0.4 is 9.47 Å². The van der Waals surface area contributed by atoms with Gasteiger partial charge in [-0.3, -0.25) is 5.10 Å². The van der Waals surface area contributed by atoms with Crippen molar-refractivity contribution >= 4 is 11.6 Å². The lowest BCUT2D eigenvalue weighted by molar-refractivity contribution is -0.140. The van der Waals surface area contributed by atoms with Crippen LogP contribution in [0.25, 0.3) is 22.4 Å². The molecular formula is C24H18ClF3N2O3. The molecule has 170 valence electrons. The Bertz CT molecular complexity index is 1250. The number of ether oxygens (including phenoxy) is 2. The van der Waals surface area contributed by atoms with Crippen LogP contribution in [0.2, 0.25) is 5.02 Å². The van der Waals surface area contributed by atoms with Gasteiger partial charge in [0.15, 0.2) is 0 Å². The number of halogens is 4. The van der Waals surface area contributed by atoms with Crippen LogP contribution in [0.4, 0.5) is 13.2 Å². The van der Waals surface area contributed by atoms with Crippen molar-refractivity contribution in [3.8, 4) is 39.6 Å². The third-order valence-corrected chi connectivity index (χ3v) is 5.22. The first-order valence-corrected chi connectivity index (χ1v) is 10.1. The Hall–Kier alpha value is -3.65.